The number of aryl methyl sites for hydroxylation is 2. The molecule has 1 aromatic carbocycles. The Morgan fingerprint density at radius 3 is 2.65 bits per heavy atom. The van der Waals surface area contributed by atoms with Crippen molar-refractivity contribution in [1.82, 2.24) is 4.98 Å². The van der Waals surface area contributed by atoms with E-state index in [-0.39, 0.29) is 12.5 Å². The van der Waals surface area contributed by atoms with E-state index in [1.165, 1.54) is 36.7 Å². The van der Waals surface area contributed by atoms with Crippen LogP contribution in [0.25, 0.3) is 11.3 Å². The third-order valence-electron chi connectivity index (χ3n) is 5.38. The minimum absolute atomic E-state index is 0.257. The Bertz CT molecular complexity index is 1250. The summed E-state index contributed by atoms with van der Waals surface area (Å²) in [4.78, 5) is 42.4. The van der Waals surface area contributed by atoms with Gasteiger partial charge in [-0.15, -0.1) is 22.7 Å². The topological polar surface area (TPSA) is 107 Å². The SMILES string of the molecule is COC(=O)c1c(NC(=O)COc2ccc(-c3csc(C)n3)cc2NC(C)=O)sc2c1CCCC2. The average Bonchev–Trinajstić information content (AvgIpc) is 3.40. The summed E-state index contributed by atoms with van der Waals surface area (Å²) in [7, 11) is 1.34. The van der Waals surface area contributed by atoms with Crippen LogP contribution in [0.2, 0.25) is 0 Å². The molecule has 0 radical (unpaired) electrons. The van der Waals surface area contributed by atoms with Crippen LogP contribution in [-0.4, -0.2) is 36.5 Å². The number of nitrogens with one attached hydrogen (secondary N) is 2. The van der Waals surface area contributed by atoms with Crippen LogP contribution in [0.1, 0.15) is 45.6 Å². The Kier molecular flexibility index (Phi) is 7.28. The van der Waals surface area contributed by atoms with E-state index in [1.807, 2.05) is 18.4 Å². The number of thiophene rings is 1. The van der Waals surface area contributed by atoms with Gasteiger partial charge in [-0.3, -0.25) is 9.59 Å². The first-order valence-corrected chi connectivity index (χ1v) is 12.5. The maximum absolute atomic E-state index is 12.7. The number of benzene rings is 1. The molecule has 0 bridgehead atoms. The zero-order valence-electron chi connectivity index (χ0n) is 19.1. The first-order valence-electron chi connectivity index (χ1n) is 10.9. The molecule has 178 valence electrons. The standard InChI is InChI=1S/C24H25N3O5S2/c1-13(28)25-17-10-15(18-12-33-14(2)26-18)8-9-19(17)32-11-21(29)27-23-22(24(30)31-3)16-6-4-5-7-20(16)34-23/h8-10,12H,4-7,11H2,1-3H3,(H,25,28)(H,27,29). The van der Waals surface area contributed by atoms with E-state index >= 15 is 0 Å². The van der Waals surface area contributed by atoms with Crippen molar-refractivity contribution in [3.05, 3.63) is 44.6 Å². The number of carbonyl (C=O) groups excluding carboxylic acids is 3. The van der Waals surface area contributed by atoms with Crippen molar-refractivity contribution >= 4 is 51.1 Å². The first-order chi connectivity index (χ1) is 16.4. The van der Waals surface area contributed by atoms with Crippen molar-refractivity contribution in [2.45, 2.75) is 39.5 Å². The molecule has 2 N–H and O–H groups in total. The van der Waals surface area contributed by atoms with Crippen LogP contribution in [0.15, 0.2) is 23.6 Å². The third-order valence-corrected chi connectivity index (χ3v) is 7.36. The van der Waals surface area contributed by atoms with E-state index in [0.717, 1.165) is 52.4 Å². The number of methoxy groups -OCH3 is 1. The van der Waals surface area contributed by atoms with E-state index in [0.29, 0.717) is 22.0 Å². The summed E-state index contributed by atoms with van der Waals surface area (Å²) in [6, 6.07) is 5.30. The van der Waals surface area contributed by atoms with Gasteiger partial charge in [0.25, 0.3) is 5.91 Å². The summed E-state index contributed by atoms with van der Waals surface area (Å²) in [5, 5.41) is 8.93. The molecule has 0 atom stereocenters. The predicted octanol–water partition coefficient (Wildman–Crippen LogP) is 4.82. The van der Waals surface area contributed by atoms with E-state index in [2.05, 4.69) is 15.6 Å². The highest BCUT2D eigenvalue weighted by molar-refractivity contribution is 7.17. The second-order valence-electron chi connectivity index (χ2n) is 7.89. The predicted molar refractivity (Wildman–Crippen MR) is 133 cm³/mol. The highest BCUT2D eigenvalue weighted by atomic mass is 32.1. The molecule has 10 heteroatoms. The van der Waals surface area contributed by atoms with Gasteiger partial charge in [0, 0.05) is 22.7 Å². The maximum Gasteiger partial charge on any atom is 0.341 e. The third kappa shape index (κ3) is 5.28. The molecule has 2 heterocycles. The molecule has 0 spiro atoms. The van der Waals surface area contributed by atoms with Crippen LogP contribution in [0.5, 0.6) is 5.75 Å². The van der Waals surface area contributed by atoms with Crippen molar-refractivity contribution in [2.24, 2.45) is 0 Å². The second-order valence-corrected chi connectivity index (χ2v) is 10.1. The van der Waals surface area contributed by atoms with E-state index in [9.17, 15) is 14.4 Å². The van der Waals surface area contributed by atoms with E-state index < -0.39 is 11.9 Å². The number of ether oxygens (including phenoxy) is 2. The second kappa shape index (κ2) is 10.4. The molecule has 3 aromatic rings. The fourth-order valence-corrected chi connectivity index (χ4v) is 5.79. The van der Waals surface area contributed by atoms with Crippen LogP contribution >= 0.6 is 22.7 Å². The molecular formula is C24H25N3O5S2. The Morgan fingerprint density at radius 1 is 1.15 bits per heavy atom. The van der Waals surface area contributed by atoms with Crippen molar-refractivity contribution in [2.75, 3.05) is 24.4 Å². The fraction of sp³-hybridized carbons (Fsp3) is 0.333. The number of aromatic nitrogens is 1. The zero-order valence-corrected chi connectivity index (χ0v) is 20.8. The number of hydrogen-bond donors (Lipinski definition) is 2. The summed E-state index contributed by atoms with van der Waals surface area (Å²) in [5.74, 6) is -0.749. The molecule has 4 rings (SSSR count). The Hall–Kier alpha value is -3.24. The number of rotatable bonds is 7. The smallest absolute Gasteiger partial charge is 0.341 e. The summed E-state index contributed by atoms with van der Waals surface area (Å²) in [6.07, 6.45) is 3.76. The van der Waals surface area contributed by atoms with Gasteiger partial charge in [-0.25, -0.2) is 9.78 Å². The minimum Gasteiger partial charge on any atom is -0.482 e. The number of anilines is 2. The van der Waals surface area contributed by atoms with Gasteiger partial charge in [-0.1, -0.05) is 0 Å². The number of amides is 2. The van der Waals surface area contributed by atoms with Crippen molar-refractivity contribution in [3.63, 3.8) is 0 Å². The van der Waals surface area contributed by atoms with Crippen LogP contribution in [0, 0.1) is 6.92 Å². The van der Waals surface area contributed by atoms with Gasteiger partial charge in [-0.2, -0.15) is 0 Å². The van der Waals surface area contributed by atoms with Gasteiger partial charge in [-0.05, 0) is 56.4 Å². The molecule has 0 unspecified atom stereocenters. The monoisotopic (exact) mass is 499 g/mol. The summed E-state index contributed by atoms with van der Waals surface area (Å²) >= 11 is 2.96. The molecule has 0 saturated carbocycles. The number of carbonyl (C=O) groups is 3. The van der Waals surface area contributed by atoms with Gasteiger partial charge in [0.1, 0.15) is 10.8 Å². The molecule has 0 saturated heterocycles. The molecule has 1 aliphatic rings. The molecule has 0 fully saturated rings. The molecule has 2 amide bonds. The number of esters is 1. The van der Waals surface area contributed by atoms with Crippen molar-refractivity contribution in [1.29, 1.82) is 0 Å². The lowest BCUT2D eigenvalue weighted by atomic mass is 9.95. The number of thiazole rings is 1. The van der Waals surface area contributed by atoms with Gasteiger partial charge in [0.15, 0.2) is 6.61 Å². The average molecular weight is 500 g/mol. The molecule has 2 aromatic heterocycles. The Morgan fingerprint density at radius 2 is 1.94 bits per heavy atom. The lowest BCUT2D eigenvalue weighted by Gasteiger charge is -2.13. The molecule has 1 aliphatic carbocycles. The van der Waals surface area contributed by atoms with Crippen molar-refractivity contribution in [3.8, 4) is 17.0 Å². The van der Waals surface area contributed by atoms with Crippen LogP contribution in [0.4, 0.5) is 10.7 Å². The highest BCUT2D eigenvalue weighted by Crippen LogP contribution is 2.38. The molecule has 8 nitrogen and oxygen atoms in total. The summed E-state index contributed by atoms with van der Waals surface area (Å²) < 4.78 is 10.7. The highest BCUT2D eigenvalue weighted by Gasteiger charge is 2.27. The number of fused-ring (bicyclic) bond motifs is 1. The quantitative estimate of drug-likeness (QED) is 0.452. The van der Waals surface area contributed by atoms with Crippen LogP contribution < -0.4 is 15.4 Å². The zero-order chi connectivity index (χ0) is 24.2. The van der Waals surface area contributed by atoms with Gasteiger partial charge >= 0.3 is 5.97 Å². The summed E-state index contributed by atoms with van der Waals surface area (Å²) in [6.45, 7) is 3.04. The lowest BCUT2D eigenvalue weighted by molar-refractivity contribution is -0.118. The van der Waals surface area contributed by atoms with Gasteiger partial charge < -0.3 is 20.1 Å². The first kappa shape index (κ1) is 23.9. The lowest BCUT2D eigenvalue weighted by Crippen LogP contribution is -2.21. The summed E-state index contributed by atoms with van der Waals surface area (Å²) in [5.41, 5.74) is 3.50. The van der Waals surface area contributed by atoms with Gasteiger partial charge in [0.05, 0.1) is 29.1 Å². The fourth-order valence-electron chi connectivity index (χ4n) is 3.88. The van der Waals surface area contributed by atoms with E-state index in [4.69, 9.17) is 9.47 Å². The minimum atomic E-state index is -0.448. The Balaban J connectivity index is 1.50. The molecular weight excluding hydrogens is 474 g/mol. The van der Waals surface area contributed by atoms with E-state index in [1.54, 1.807) is 12.1 Å². The van der Waals surface area contributed by atoms with Crippen molar-refractivity contribution < 1.29 is 23.9 Å². The number of nitrogens with zero attached hydrogens (tertiary/aromatic N) is 1. The van der Waals surface area contributed by atoms with Crippen LogP contribution in [0.3, 0.4) is 0 Å². The maximum atomic E-state index is 12.7. The molecule has 0 aliphatic heterocycles. The number of hydrogen-bond acceptors (Lipinski definition) is 8. The van der Waals surface area contributed by atoms with Gasteiger partial charge in [0.2, 0.25) is 5.91 Å². The van der Waals surface area contributed by atoms with Crippen LogP contribution in [-0.2, 0) is 27.2 Å². The normalized spacial score (nSPS) is 12.6. The Labute approximate surface area is 205 Å². The molecule has 34 heavy (non-hydrogen) atoms. The largest absolute Gasteiger partial charge is 0.482 e.